The molecule has 0 aromatic carbocycles. The number of carbonyl (C=O) groups excluding carboxylic acids is 5. The second kappa shape index (κ2) is 12.2. The molecular weight excluding hydrogens is 408 g/mol. The largest absolute Gasteiger partial charge is 0.444 e. The fourth-order valence-electron chi connectivity index (χ4n) is 2.61. The van der Waals surface area contributed by atoms with Crippen molar-refractivity contribution in [2.24, 2.45) is 11.7 Å². The number of rotatable bonds is 11. The zero-order chi connectivity index (χ0) is 24.5. The fourth-order valence-corrected chi connectivity index (χ4v) is 2.61. The Hall–Kier alpha value is -2.69. The normalized spacial score (nSPS) is 15.3. The van der Waals surface area contributed by atoms with Crippen molar-refractivity contribution in [2.75, 3.05) is 0 Å². The van der Waals surface area contributed by atoms with Gasteiger partial charge in [0.05, 0.1) is 6.10 Å². The third kappa shape index (κ3) is 11.9. The molecular formula is C20H36N4O7. The molecule has 0 aliphatic carbocycles. The van der Waals surface area contributed by atoms with Crippen molar-refractivity contribution >= 4 is 29.6 Å². The average molecular weight is 445 g/mol. The molecule has 0 saturated heterocycles. The van der Waals surface area contributed by atoms with Crippen LogP contribution in [0.2, 0.25) is 0 Å². The van der Waals surface area contributed by atoms with Gasteiger partial charge in [0.25, 0.3) is 0 Å². The highest BCUT2D eigenvalue weighted by atomic mass is 16.6. The van der Waals surface area contributed by atoms with Crippen LogP contribution in [0.5, 0.6) is 0 Å². The Morgan fingerprint density at radius 1 is 0.935 bits per heavy atom. The number of alkyl carbamates (subject to hydrolysis) is 1. The summed E-state index contributed by atoms with van der Waals surface area (Å²) in [5.41, 5.74) is 4.38. The number of Topliss-reactive ketones (excluding diaryl/α,β-unsaturated/α-hetero) is 1. The van der Waals surface area contributed by atoms with Gasteiger partial charge in [-0.25, -0.2) is 4.79 Å². The Morgan fingerprint density at radius 2 is 1.45 bits per heavy atom. The van der Waals surface area contributed by atoms with Crippen LogP contribution in [0.1, 0.15) is 61.3 Å². The SMILES string of the molecule is CC(=O)C[C@H](NC(=O)OC(C)(C)C)C(=O)N[C@@H](CC(C)C)C(=O)N[C@H](C(N)=O)[C@@H](C)O. The van der Waals surface area contributed by atoms with E-state index in [9.17, 15) is 29.1 Å². The standard InChI is InChI=1S/C20H36N4O7/c1-10(2)8-13(18(29)24-15(12(4)26)16(21)27)22-17(28)14(9-11(3)25)23-19(30)31-20(5,6)7/h10,12-15,26H,8-9H2,1-7H3,(H2,21,27)(H,22,28)(H,23,30)(H,24,29)/t12-,13+,14+,15+/m1/s1. The lowest BCUT2D eigenvalue weighted by atomic mass is 10.0. The lowest BCUT2D eigenvalue weighted by Crippen LogP contribution is -2.58. The van der Waals surface area contributed by atoms with Crippen LogP contribution in [0.4, 0.5) is 4.79 Å². The third-order valence-corrected chi connectivity index (χ3v) is 3.93. The minimum absolute atomic E-state index is 0.0281. The van der Waals surface area contributed by atoms with E-state index in [2.05, 4.69) is 16.0 Å². The maximum atomic E-state index is 12.8. The first-order valence-electron chi connectivity index (χ1n) is 10.1. The lowest BCUT2D eigenvalue weighted by molar-refractivity contribution is -0.134. The number of aliphatic hydroxyl groups is 1. The molecule has 0 saturated carbocycles. The summed E-state index contributed by atoms with van der Waals surface area (Å²) < 4.78 is 5.12. The number of primary amides is 1. The van der Waals surface area contributed by atoms with Crippen molar-refractivity contribution in [3.8, 4) is 0 Å². The Balaban J connectivity index is 5.49. The van der Waals surface area contributed by atoms with Gasteiger partial charge in [-0.05, 0) is 47.0 Å². The molecule has 0 aliphatic heterocycles. The summed E-state index contributed by atoms with van der Waals surface area (Å²) in [6, 6.07) is -3.70. The number of carbonyl (C=O) groups is 5. The molecule has 0 bridgehead atoms. The molecule has 4 amide bonds. The van der Waals surface area contributed by atoms with Crippen LogP contribution < -0.4 is 21.7 Å². The highest BCUT2D eigenvalue weighted by Gasteiger charge is 2.32. The van der Waals surface area contributed by atoms with Crippen molar-refractivity contribution in [3.05, 3.63) is 0 Å². The number of hydrogen-bond acceptors (Lipinski definition) is 7. The first kappa shape index (κ1) is 28.3. The van der Waals surface area contributed by atoms with Crippen molar-refractivity contribution in [1.29, 1.82) is 0 Å². The molecule has 178 valence electrons. The van der Waals surface area contributed by atoms with Crippen LogP contribution in [0.25, 0.3) is 0 Å². The van der Waals surface area contributed by atoms with Crippen molar-refractivity contribution in [2.45, 2.75) is 91.1 Å². The predicted molar refractivity (Wildman–Crippen MR) is 113 cm³/mol. The summed E-state index contributed by atoms with van der Waals surface area (Å²) >= 11 is 0. The van der Waals surface area contributed by atoms with E-state index in [0.29, 0.717) is 0 Å². The van der Waals surface area contributed by atoms with Gasteiger partial charge in [-0.1, -0.05) is 13.8 Å². The van der Waals surface area contributed by atoms with E-state index in [1.54, 1.807) is 20.8 Å². The number of amides is 4. The molecule has 0 unspecified atom stereocenters. The number of hydrogen-bond donors (Lipinski definition) is 5. The van der Waals surface area contributed by atoms with E-state index >= 15 is 0 Å². The molecule has 0 fully saturated rings. The quantitative estimate of drug-likeness (QED) is 0.291. The van der Waals surface area contributed by atoms with Crippen LogP contribution in [0, 0.1) is 5.92 Å². The molecule has 4 atom stereocenters. The van der Waals surface area contributed by atoms with Crippen molar-refractivity contribution in [3.63, 3.8) is 0 Å². The highest BCUT2D eigenvalue weighted by molar-refractivity contribution is 5.95. The summed E-state index contributed by atoms with van der Waals surface area (Å²) in [6.07, 6.45) is -2.24. The molecule has 6 N–H and O–H groups in total. The van der Waals surface area contributed by atoms with Gasteiger partial charge >= 0.3 is 6.09 Å². The molecule has 0 aromatic heterocycles. The smallest absolute Gasteiger partial charge is 0.408 e. The van der Waals surface area contributed by atoms with Gasteiger partial charge in [-0.3, -0.25) is 19.2 Å². The van der Waals surface area contributed by atoms with Gasteiger partial charge in [-0.15, -0.1) is 0 Å². The Morgan fingerprint density at radius 3 is 1.84 bits per heavy atom. The van der Waals surface area contributed by atoms with E-state index in [4.69, 9.17) is 10.5 Å². The number of ketones is 1. The summed E-state index contributed by atoms with van der Waals surface area (Å²) in [5.74, 6) is -2.82. The van der Waals surface area contributed by atoms with Crippen LogP contribution in [0.3, 0.4) is 0 Å². The van der Waals surface area contributed by atoms with E-state index in [0.717, 1.165) is 0 Å². The molecule has 0 spiro atoms. The monoisotopic (exact) mass is 444 g/mol. The summed E-state index contributed by atoms with van der Waals surface area (Å²) in [6.45, 7) is 11.1. The van der Waals surface area contributed by atoms with Crippen LogP contribution in [-0.2, 0) is 23.9 Å². The first-order valence-corrected chi connectivity index (χ1v) is 10.1. The van der Waals surface area contributed by atoms with Gasteiger partial charge in [0.2, 0.25) is 17.7 Å². The number of aliphatic hydroxyl groups excluding tert-OH is 1. The molecule has 11 heteroatoms. The van der Waals surface area contributed by atoms with E-state index in [1.807, 2.05) is 13.8 Å². The molecule has 11 nitrogen and oxygen atoms in total. The van der Waals surface area contributed by atoms with Crippen LogP contribution in [0.15, 0.2) is 0 Å². The van der Waals surface area contributed by atoms with E-state index < -0.39 is 53.6 Å². The topological polar surface area (TPSA) is 177 Å². The van der Waals surface area contributed by atoms with E-state index in [-0.39, 0.29) is 24.5 Å². The minimum Gasteiger partial charge on any atom is -0.444 e. The maximum Gasteiger partial charge on any atom is 0.408 e. The zero-order valence-electron chi connectivity index (χ0n) is 19.3. The molecule has 0 aliphatic rings. The Labute approximate surface area is 182 Å². The minimum atomic E-state index is -1.34. The highest BCUT2D eigenvalue weighted by Crippen LogP contribution is 2.09. The zero-order valence-corrected chi connectivity index (χ0v) is 19.3. The van der Waals surface area contributed by atoms with E-state index in [1.165, 1.54) is 13.8 Å². The Bertz CT molecular complexity index is 671. The lowest BCUT2D eigenvalue weighted by Gasteiger charge is -2.27. The first-order chi connectivity index (χ1) is 14.0. The van der Waals surface area contributed by atoms with Crippen molar-refractivity contribution < 1.29 is 33.8 Å². The maximum absolute atomic E-state index is 12.8. The van der Waals surface area contributed by atoms with Gasteiger partial charge in [0.1, 0.15) is 29.5 Å². The number of ether oxygens (including phenoxy) is 1. The van der Waals surface area contributed by atoms with Gasteiger partial charge in [0.15, 0.2) is 0 Å². The van der Waals surface area contributed by atoms with Crippen molar-refractivity contribution in [1.82, 2.24) is 16.0 Å². The fraction of sp³-hybridized carbons (Fsp3) is 0.750. The second-order valence-corrected chi connectivity index (χ2v) is 8.92. The van der Waals surface area contributed by atoms with Gasteiger partial charge < -0.3 is 31.5 Å². The second-order valence-electron chi connectivity index (χ2n) is 8.92. The molecule has 0 radical (unpaired) electrons. The van der Waals surface area contributed by atoms with Gasteiger partial charge in [0, 0.05) is 6.42 Å². The molecule has 31 heavy (non-hydrogen) atoms. The Kier molecular flexibility index (Phi) is 11.2. The molecule has 0 rings (SSSR count). The summed E-state index contributed by atoms with van der Waals surface area (Å²) in [7, 11) is 0. The average Bonchev–Trinajstić information content (AvgIpc) is 2.54. The number of nitrogens with two attached hydrogens (primary N) is 1. The number of nitrogens with one attached hydrogen (secondary N) is 3. The molecule has 0 aromatic rings. The molecule has 0 heterocycles. The summed E-state index contributed by atoms with van der Waals surface area (Å²) in [4.78, 5) is 60.6. The predicted octanol–water partition coefficient (Wildman–Crippen LogP) is -0.259. The summed E-state index contributed by atoms with van der Waals surface area (Å²) in [5, 5.41) is 16.8. The third-order valence-electron chi connectivity index (χ3n) is 3.93. The van der Waals surface area contributed by atoms with Gasteiger partial charge in [-0.2, -0.15) is 0 Å². The van der Waals surface area contributed by atoms with Crippen LogP contribution in [-0.4, -0.2) is 64.5 Å². The van der Waals surface area contributed by atoms with Crippen LogP contribution >= 0.6 is 0 Å².